The Bertz CT molecular complexity index is 959. The molecule has 1 aliphatic heterocycles. The van der Waals surface area contributed by atoms with Crippen molar-refractivity contribution in [1.82, 2.24) is 10.0 Å². The first kappa shape index (κ1) is 16.4. The molecule has 1 aromatic heterocycles. The van der Waals surface area contributed by atoms with Crippen LogP contribution in [0.3, 0.4) is 0 Å². The minimum absolute atomic E-state index is 0.101. The molecule has 0 bridgehead atoms. The van der Waals surface area contributed by atoms with E-state index in [0.29, 0.717) is 17.9 Å². The normalized spacial score (nSPS) is 13.3. The number of benzene rings is 2. The Balaban J connectivity index is 1.33. The van der Waals surface area contributed by atoms with Crippen LogP contribution in [0.5, 0.6) is 0 Å². The second-order valence-electron chi connectivity index (χ2n) is 5.84. The van der Waals surface area contributed by atoms with Crippen LogP contribution in [0.2, 0.25) is 0 Å². The number of rotatable bonds is 5. The Hall–Kier alpha value is -3.06. The fourth-order valence-corrected chi connectivity index (χ4v) is 3.82. The summed E-state index contributed by atoms with van der Waals surface area (Å²) >= 11 is 1.59. The fourth-order valence-electron chi connectivity index (χ4n) is 2.81. The van der Waals surface area contributed by atoms with Crippen LogP contribution in [0.15, 0.2) is 48.5 Å². The number of imide groups is 1. The molecule has 7 heteroatoms. The predicted octanol–water partition coefficient (Wildman–Crippen LogP) is 3.37. The molecule has 0 aliphatic carbocycles. The van der Waals surface area contributed by atoms with Gasteiger partial charge in [0.1, 0.15) is 0 Å². The standard InChI is InChI=1S/C19H14N2O4S/c22-17(11-5-10-16-20-14-8-3-4-9-15(14)26-16)25-21-18(23)12-6-1-2-7-13(12)19(21)24/h1-4,6-9H,5,10-11H2. The monoisotopic (exact) mass is 366 g/mol. The van der Waals surface area contributed by atoms with Gasteiger partial charge >= 0.3 is 5.97 Å². The second-order valence-corrected chi connectivity index (χ2v) is 6.96. The lowest BCUT2D eigenvalue weighted by Gasteiger charge is -2.12. The number of thiazole rings is 1. The number of aromatic nitrogens is 1. The Morgan fingerprint density at radius 3 is 2.35 bits per heavy atom. The van der Waals surface area contributed by atoms with Crippen LogP contribution in [0.4, 0.5) is 0 Å². The summed E-state index contributed by atoms with van der Waals surface area (Å²) < 4.78 is 1.11. The van der Waals surface area contributed by atoms with E-state index in [1.54, 1.807) is 23.5 Å². The first-order valence-electron chi connectivity index (χ1n) is 8.16. The van der Waals surface area contributed by atoms with Gasteiger partial charge in [-0.2, -0.15) is 0 Å². The van der Waals surface area contributed by atoms with Gasteiger partial charge in [0.25, 0.3) is 11.8 Å². The van der Waals surface area contributed by atoms with Crippen LogP contribution in [0.25, 0.3) is 10.2 Å². The van der Waals surface area contributed by atoms with Gasteiger partial charge in [-0.25, -0.2) is 9.78 Å². The summed E-state index contributed by atoms with van der Waals surface area (Å²) in [6.07, 6.45) is 1.27. The summed E-state index contributed by atoms with van der Waals surface area (Å²) in [7, 11) is 0. The number of carbonyl (C=O) groups is 3. The summed E-state index contributed by atoms with van der Waals surface area (Å²) in [4.78, 5) is 45.8. The number of hydrogen-bond donors (Lipinski definition) is 0. The lowest BCUT2D eigenvalue weighted by atomic mass is 10.1. The van der Waals surface area contributed by atoms with Gasteiger partial charge in [-0.3, -0.25) is 9.59 Å². The first-order valence-corrected chi connectivity index (χ1v) is 8.98. The first-order chi connectivity index (χ1) is 12.6. The maximum atomic E-state index is 12.2. The number of para-hydroxylation sites is 1. The van der Waals surface area contributed by atoms with Crippen LogP contribution >= 0.6 is 11.3 Å². The molecule has 0 fully saturated rings. The summed E-state index contributed by atoms with van der Waals surface area (Å²) in [6.45, 7) is 0. The van der Waals surface area contributed by atoms with Crippen LogP contribution < -0.4 is 0 Å². The van der Waals surface area contributed by atoms with Crippen molar-refractivity contribution in [2.45, 2.75) is 19.3 Å². The molecule has 26 heavy (non-hydrogen) atoms. The maximum absolute atomic E-state index is 12.2. The van der Waals surface area contributed by atoms with E-state index in [-0.39, 0.29) is 17.5 Å². The van der Waals surface area contributed by atoms with Crippen LogP contribution in [-0.2, 0) is 16.1 Å². The number of aryl methyl sites for hydroxylation is 1. The summed E-state index contributed by atoms with van der Waals surface area (Å²) in [5.41, 5.74) is 1.45. The second kappa shape index (κ2) is 6.68. The van der Waals surface area contributed by atoms with Crippen molar-refractivity contribution < 1.29 is 19.2 Å². The van der Waals surface area contributed by atoms with Crippen molar-refractivity contribution in [3.8, 4) is 0 Å². The SMILES string of the molecule is O=C(CCCc1nc2ccccc2s1)ON1C(=O)c2ccccc2C1=O. The van der Waals surface area contributed by atoms with Gasteiger partial charge in [0, 0.05) is 6.42 Å². The third-order valence-corrected chi connectivity index (χ3v) is 5.16. The van der Waals surface area contributed by atoms with Crippen LogP contribution in [-0.4, -0.2) is 27.8 Å². The average Bonchev–Trinajstić information content (AvgIpc) is 3.16. The van der Waals surface area contributed by atoms with Gasteiger partial charge in [0.2, 0.25) is 0 Å². The lowest BCUT2D eigenvalue weighted by Crippen LogP contribution is -2.32. The van der Waals surface area contributed by atoms with Crippen LogP contribution in [0.1, 0.15) is 38.6 Å². The summed E-state index contributed by atoms with van der Waals surface area (Å²) in [6, 6.07) is 14.3. The lowest BCUT2D eigenvalue weighted by molar-refractivity contribution is -0.168. The molecular formula is C19H14N2O4S. The van der Waals surface area contributed by atoms with Crippen molar-refractivity contribution in [3.05, 3.63) is 64.7 Å². The van der Waals surface area contributed by atoms with Crippen molar-refractivity contribution in [3.63, 3.8) is 0 Å². The summed E-state index contributed by atoms with van der Waals surface area (Å²) in [5.74, 6) is -1.82. The van der Waals surface area contributed by atoms with E-state index in [1.807, 2.05) is 24.3 Å². The molecule has 3 aromatic rings. The molecule has 2 heterocycles. The Kier molecular flexibility index (Phi) is 4.22. The van der Waals surface area contributed by atoms with E-state index in [4.69, 9.17) is 4.84 Å². The van der Waals surface area contributed by atoms with E-state index in [2.05, 4.69) is 4.98 Å². The Morgan fingerprint density at radius 2 is 1.65 bits per heavy atom. The highest BCUT2D eigenvalue weighted by molar-refractivity contribution is 7.18. The van der Waals surface area contributed by atoms with Gasteiger partial charge in [-0.1, -0.05) is 29.3 Å². The predicted molar refractivity (Wildman–Crippen MR) is 95.6 cm³/mol. The van der Waals surface area contributed by atoms with E-state index in [1.165, 1.54) is 12.1 Å². The molecule has 4 rings (SSSR count). The molecule has 0 saturated carbocycles. The largest absolute Gasteiger partial charge is 0.333 e. The third-order valence-electron chi connectivity index (χ3n) is 4.06. The zero-order valence-electron chi connectivity index (χ0n) is 13.7. The Morgan fingerprint density at radius 1 is 1.00 bits per heavy atom. The van der Waals surface area contributed by atoms with Crippen molar-refractivity contribution in [1.29, 1.82) is 0 Å². The minimum Gasteiger partial charge on any atom is -0.330 e. The number of carbonyl (C=O) groups excluding carboxylic acids is 3. The molecule has 0 atom stereocenters. The van der Waals surface area contributed by atoms with Gasteiger partial charge in [-0.05, 0) is 37.1 Å². The zero-order valence-corrected chi connectivity index (χ0v) is 14.5. The van der Waals surface area contributed by atoms with Gasteiger partial charge in [0.05, 0.1) is 26.4 Å². The van der Waals surface area contributed by atoms with E-state index in [9.17, 15) is 14.4 Å². The van der Waals surface area contributed by atoms with Crippen molar-refractivity contribution >= 4 is 39.3 Å². The van der Waals surface area contributed by atoms with Crippen molar-refractivity contribution in [2.75, 3.05) is 0 Å². The number of hydrogen-bond acceptors (Lipinski definition) is 6. The molecule has 0 radical (unpaired) electrons. The smallest absolute Gasteiger partial charge is 0.330 e. The van der Waals surface area contributed by atoms with Crippen LogP contribution in [0, 0.1) is 0 Å². The summed E-state index contributed by atoms with van der Waals surface area (Å²) in [5, 5.41) is 1.49. The molecule has 0 N–H and O–H groups in total. The minimum atomic E-state index is -0.611. The topological polar surface area (TPSA) is 76.6 Å². The molecule has 0 unspecified atom stereocenters. The van der Waals surface area contributed by atoms with E-state index < -0.39 is 17.8 Å². The van der Waals surface area contributed by atoms with E-state index in [0.717, 1.165) is 15.2 Å². The number of nitrogens with zero attached hydrogens (tertiary/aromatic N) is 2. The zero-order chi connectivity index (χ0) is 18.1. The highest BCUT2D eigenvalue weighted by Crippen LogP contribution is 2.24. The number of hydroxylamine groups is 2. The number of fused-ring (bicyclic) bond motifs is 2. The highest BCUT2D eigenvalue weighted by atomic mass is 32.1. The fraction of sp³-hybridized carbons (Fsp3) is 0.158. The molecular weight excluding hydrogens is 352 g/mol. The van der Waals surface area contributed by atoms with E-state index >= 15 is 0 Å². The van der Waals surface area contributed by atoms with Crippen molar-refractivity contribution in [2.24, 2.45) is 0 Å². The van der Waals surface area contributed by atoms with Gasteiger partial charge < -0.3 is 4.84 Å². The molecule has 2 aromatic carbocycles. The molecule has 0 spiro atoms. The highest BCUT2D eigenvalue weighted by Gasteiger charge is 2.38. The molecule has 6 nitrogen and oxygen atoms in total. The molecule has 2 amide bonds. The molecule has 130 valence electrons. The molecule has 1 aliphatic rings. The Labute approximate surface area is 153 Å². The maximum Gasteiger partial charge on any atom is 0.333 e. The quantitative estimate of drug-likeness (QED) is 0.647. The number of amides is 2. The molecule has 0 saturated heterocycles. The average molecular weight is 366 g/mol. The third kappa shape index (κ3) is 2.97. The van der Waals surface area contributed by atoms with Gasteiger partial charge in [0.15, 0.2) is 0 Å². The van der Waals surface area contributed by atoms with Gasteiger partial charge in [-0.15, -0.1) is 11.3 Å².